The highest BCUT2D eigenvalue weighted by Gasteiger charge is 2.14. The van der Waals surface area contributed by atoms with Crippen molar-refractivity contribution in [3.8, 4) is 11.4 Å². The molecule has 0 unspecified atom stereocenters. The Balaban J connectivity index is 1.94. The van der Waals surface area contributed by atoms with Gasteiger partial charge in [0.05, 0.1) is 16.9 Å². The zero-order valence-corrected chi connectivity index (χ0v) is 12.0. The minimum atomic E-state index is -0.360. The van der Waals surface area contributed by atoms with Gasteiger partial charge in [-0.1, -0.05) is 24.3 Å². The van der Waals surface area contributed by atoms with Gasteiger partial charge in [0.25, 0.3) is 5.91 Å². The third kappa shape index (κ3) is 2.56. The van der Waals surface area contributed by atoms with Gasteiger partial charge in [-0.3, -0.25) is 4.79 Å². The van der Waals surface area contributed by atoms with Crippen LogP contribution in [-0.4, -0.2) is 20.8 Å². The SMILES string of the molecule is Cc1cccc(C(=O)Nc2ccccc2-n2cccn2)c1O. The highest BCUT2D eigenvalue weighted by Crippen LogP contribution is 2.24. The maximum atomic E-state index is 12.4. The molecule has 2 aromatic carbocycles. The van der Waals surface area contributed by atoms with Crippen LogP contribution in [0.25, 0.3) is 5.69 Å². The maximum Gasteiger partial charge on any atom is 0.259 e. The first kappa shape index (κ1) is 13.9. The molecular weight excluding hydrogens is 278 g/mol. The number of aromatic nitrogens is 2. The summed E-state index contributed by atoms with van der Waals surface area (Å²) in [6.07, 6.45) is 3.47. The molecule has 110 valence electrons. The summed E-state index contributed by atoms with van der Waals surface area (Å²) in [6, 6.07) is 14.3. The van der Waals surface area contributed by atoms with Crippen molar-refractivity contribution in [2.24, 2.45) is 0 Å². The fourth-order valence-corrected chi connectivity index (χ4v) is 2.22. The molecule has 0 aliphatic rings. The highest BCUT2D eigenvalue weighted by molar-refractivity contribution is 6.07. The Kier molecular flexibility index (Phi) is 3.62. The molecule has 22 heavy (non-hydrogen) atoms. The van der Waals surface area contributed by atoms with Gasteiger partial charge in [-0.15, -0.1) is 0 Å². The van der Waals surface area contributed by atoms with Crippen molar-refractivity contribution in [3.05, 3.63) is 72.1 Å². The van der Waals surface area contributed by atoms with Gasteiger partial charge in [-0.2, -0.15) is 5.10 Å². The monoisotopic (exact) mass is 293 g/mol. The molecule has 1 heterocycles. The van der Waals surface area contributed by atoms with Gasteiger partial charge in [-0.25, -0.2) is 4.68 Å². The van der Waals surface area contributed by atoms with Gasteiger partial charge in [0.15, 0.2) is 0 Å². The van der Waals surface area contributed by atoms with E-state index in [0.29, 0.717) is 11.3 Å². The fraction of sp³-hybridized carbons (Fsp3) is 0.0588. The van der Waals surface area contributed by atoms with Crippen LogP contribution in [-0.2, 0) is 0 Å². The van der Waals surface area contributed by atoms with Crippen molar-refractivity contribution in [1.82, 2.24) is 9.78 Å². The molecule has 0 fully saturated rings. The number of nitrogens with one attached hydrogen (secondary N) is 1. The summed E-state index contributed by atoms with van der Waals surface area (Å²) in [5.41, 5.74) is 2.29. The molecule has 3 aromatic rings. The second-order valence-electron chi connectivity index (χ2n) is 4.89. The number of hydrogen-bond donors (Lipinski definition) is 2. The van der Waals surface area contributed by atoms with Crippen molar-refractivity contribution in [3.63, 3.8) is 0 Å². The number of aromatic hydroxyl groups is 1. The summed E-state index contributed by atoms with van der Waals surface area (Å²) < 4.78 is 1.67. The molecule has 0 spiro atoms. The number of phenols is 1. The molecule has 1 amide bonds. The molecule has 2 N–H and O–H groups in total. The first-order valence-corrected chi connectivity index (χ1v) is 6.86. The van der Waals surface area contributed by atoms with Gasteiger partial charge in [0.2, 0.25) is 0 Å². The van der Waals surface area contributed by atoms with Crippen LogP contribution >= 0.6 is 0 Å². The summed E-state index contributed by atoms with van der Waals surface area (Å²) in [5.74, 6) is -0.364. The first-order chi connectivity index (χ1) is 10.7. The maximum absolute atomic E-state index is 12.4. The predicted octanol–water partition coefficient (Wildman–Crippen LogP) is 3.14. The second kappa shape index (κ2) is 5.73. The van der Waals surface area contributed by atoms with Gasteiger partial charge in [0, 0.05) is 12.4 Å². The lowest BCUT2D eigenvalue weighted by molar-refractivity contribution is 0.102. The predicted molar refractivity (Wildman–Crippen MR) is 84.4 cm³/mol. The van der Waals surface area contributed by atoms with Gasteiger partial charge < -0.3 is 10.4 Å². The molecule has 0 aliphatic heterocycles. The Morgan fingerprint density at radius 2 is 1.95 bits per heavy atom. The molecule has 0 saturated heterocycles. The van der Waals surface area contributed by atoms with Crippen molar-refractivity contribution in [2.75, 3.05) is 5.32 Å². The minimum Gasteiger partial charge on any atom is -0.507 e. The molecule has 5 nitrogen and oxygen atoms in total. The third-order valence-corrected chi connectivity index (χ3v) is 3.39. The molecule has 5 heteroatoms. The van der Waals surface area contributed by atoms with E-state index in [1.54, 1.807) is 48.3 Å². The van der Waals surface area contributed by atoms with Crippen LogP contribution < -0.4 is 5.32 Å². The fourth-order valence-electron chi connectivity index (χ4n) is 2.22. The number of rotatable bonds is 3. The average Bonchev–Trinajstić information content (AvgIpc) is 3.04. The van der Waals surface area contributed by atoms with E-state index in [1.807, 2.05) is 24.3 Å². The summed E-state index contributed by atoms with van der Waals surface area (Å²) in [5, 5.41) is 17.0. The molecule has 0 radical (unpaired) electrons. The molecule has 0 atom stereocenters. The quantitative estimate of drug-likeness (QED) is 0.779. The van der Waals surface area contributed by atoms with Crippen molar-refractivity contribution in [1.29, 1.82) is 0 Å². The Labute approximate surface area is 127 Å². The minimum absolute atomic E-state index is 0.00318. The van der Waals surface area contributed by atoms with Crippen LogP contribution in [0.2, 0.25) is 0 Å². The lowest BCUT2D eigenvalue weighted by Gasteiger charge is -2.12. The molecule has 0 aliphatic carbocycles. The Bertz CT molecular complexity index is 811. The zero-order chi connectivity index (χ0) is 15.5. The number of phenolic OH excluding ortho intramolecular Hbond substituents is 1. The molecule has 1 aromatic heterocycles. The smallest absolute Gasteiger partial charge is 0.259 e. The summed E-state index contributed by atoms with van der Waals surface area (Å²) >= 11 is 0. The number of carbonyl (C=O) groups is 1. The molecule has 0 bridgehead atoms. The number of benzene rings is 2. The van der Waals surface area contributed by atoms with Crippen LogP contribution in [0.5, 0.6) is 5.75 Å². The Hall–Kier alpha value is -3.08. The van der Waals surface area contributed by atoms with E-state index in [2.05, 4.69) is 10.4 Å². The van der Waals surface area contributed by atoms with Crippen molar-refractivity contribution < 1.29 is 9.90 Å². The van der Waals surface area contributed by atoms with E-state index in [9.17, 15) is 9.90 Å². The summed E-state index contributed by atoms with van der Waals surface area (Å²) in [4.78, 5) is 12.4. The largest absolute Gasteiger partial charge is 0.507 e. The van der Waals surface area contributed by atoms with Crippen LogP contribution in [0.3, 0.4) is 0 Å². The number of aryl methyl sites for hydroxylation is 1. The number of para-hydroxylation sites is 3. The number of carbonyl (C=O) groups excluding carboxylic acids is 1. The zero-order valence-electron chi connectivity index (χ0n) is 12.0. The molecular formula is C17H15N3O2. The number of anilines is 1. The Morgan fingerprint density at radius 1 is 1.14 bits per heavy atom. The number of nitrogens with zero attached hydrogens (tertiary/aromatic N) is 2. The van der Waals surface area contributed by atoms with Gasteiger partial charge >= 0.3 is 0 Å². The van der Waals surface area contributed by atoms with E-state index in [1.165, 1.54) is 0 Å². The number of hydrogen-bond acceptors (Lipinski definition) is 3. The topological polar surface area (TPSA) is 67.2 Å². The van der Waals surface area contributed by atoms with Crippen LogP contribution in [0, 0.1) is 6.92 Å². The Morgan fingerprint density at radius 3 is 2.73 bits per heavy atom. The summed E-state index contributed by atoms with van der Waals surface area (Å²) in [7, 11) is 0. The van der Waals surface area contributed by atoms with E-state index < -0.39 is 0 Å². The standard InChI is InChI=1S/C17H15N3O2/c1-12-6-4-7-13(16(12)21)17(22)19-14-8-2-3-9-15(14)20-11-5-10-18-20/h2-11,21H,1H3,(H,19,22). The van der Waals surface area contributed by atoms with E-state index in [4.69, 9.17) is 0 Å². The van der Waals surface area contributed by atoms with Crippen LogP contribution in [0.15, 0.2) is 60.9 Å². The van der Waals surface area contributed by atoms with Crippen LogP contribution in [0.1, 0.15) is 15.9 Å². The average molecular weight is 293 g/mol. The third-order valence-electron chi connectivity index (χ3n) is 3.39. The molecule has 0 saturated carbocycles. The van der Waals surface area contributed by atoms with Gasteiger partial charge in [0.1, 0.15) is 5.75 Å². The molecule has 3 rings (SSSR count). The highest BCUT2D eigenvalue weighted by atomic mass is 16.3. The first-order valence-electron chi connectivity index (χ1n) is 6.86. The lowest BCUT2D eigenvalue weighted by atomic mass is 10.1. The summed E-state index contributed by atoms with van der Waals surface area (Å²) in [6.45, 7) is 1.75. The van der Waals surface area contributed by atoms with Crippen LogP contribution in [0.4, 0.5) is 5.69 Å². The van der Waals surface area contributed by atoms with E-state index in [0.717, 1.165) is 5.69 Å². The van der Waals surface area contributed by atoms with E-state index in [-0.39, 0.29) is 17.2 Å². The number of amides is 1. The van der Waals surface area contributed by atoms with Gasteiger partial charge in [-0.05, 0) is 36.8 Å². The van der Waals surface area contributed by atoms with Crippen molar-refractivity contribution in [2.45, 2.75) is 6.92 Å². The normalized spacial score (nSPS) is 10.4. The second-order valence-corrected chi connectivity index (χ2v) is 4.89. The van der Waals surface area contributed by atoms with Crippen molar-refractivity contribution >= 4 is 11.6 Å². The van der Waals surface area contributed by atoms with E-state index >= 15 is 0 Å². The lowest BCUT2D eigenvalue weighted by Crippen LogP contribution is -2.14.